The number of ether oxygens (including phenoxy) is 1. The zero-order valence-corrected chi connectivity index (χ0v) is 13.3. The minimum atomic E-state index is -3.30. The Morgan fingerprint density at radius 1 is 1.57 bits per heavy atom. The molecule has 8 heteroatoms. The fourth-order valence-electron chi connectivity index (χ4n) is 2.52. The van der Waals surface area contributed by atoms with E-state index in [9.17, 15) is 8.42 Å². The molecule has 0 aliphatic carbocycles. The summed E-state index contributed by atoms with van der Waals surface area (Å²) in [4.78, 5) is 3.74. The van der Waals surface area contributed by atoms with Gasteiger partial charge in [-0.3, -0.25) is 10.00 Å². The molecule has 0 unspecified atom stereocenters. The first kappa shape index (κ1) is 14.7. The molecule has 114 valence electrons. The molecule has 1 aliphatic rings. The van der Waals surface area contributed by atoms with Crippen LogP contribution in [-0.4, -0.2) is 49.5 Å². The van der Waals surface area contributed by atoms with Crippen molar-refractivity contribution in [1.29, 1.82) is 0 Å². The third-order valence-corrected chi connectivity index (χ3v) is 5.53. The number of H-pyrrole nitrogens is 1. The molecule has 1 aliphatic heterocycles. The molecule has 0 spiro atoms. The third-order valence-electron chi connectivity index (χ3n) is 3.54. The number of sulfone groups is 1. The van der Waals surface area contributed by atoms with Gasteiger partial charge < -0.3 is 4.74 Å². The molecule has 21 heavy (non-hydrogen) atoms. The molecule has 0 amide bonds. The van der Waals surface area contributed by atoms with Crippen LogP contribution in [0.3, 0.4) is 0 Å². The maximum absolute atomic E-state index is 11.9. The van der Waals surface area contributed by atoms with Gasteiger partial charge in [-0.25, -0.2) is 8.42 Å². The minimum Gasteiger partial charge on any atom is -0.378 e. The van der Waals surface area contributed by atoms with Crippen LogP contribution in [0, 0.1) is 0 Å². The molecule has 6 nitrogen and oxygen atoms in total. The summed E-state index contributed by atoms with van der Waals surface area (Å²) in [7, 11) is -3.30. The zero-order valence-electron chi connectivity index (χ0n) is 11.7. The lowest BCUT2D eigenvalue weighted by atomic mass is 10.1. The van der Waals surface area contributed by atoms with Crippen molar-refractivity contribution in [3.8, 4) is 0 Å². The SMILES string of the molecule is CS(=O)(=O)c1cn[nH]c1[C@@H]1COCCN1Cc1cccs1. The molecular weight excluding hydrogens is 310 g/mol. The molecule has 0 aromatic carbocycles. The summed E-state index contributed by atoms with van der Waals surface area (Å²) in [6.07, 6.45) is 2.58. The average molecular weight is 327 g/mol. The Hall–Kier alpha value is -1.22. The fraction of sp³-hybridized carbons (Fsp3) is 0.462. The fourth-order valence-corrected chi connectivity index (χ4v) is 4.07. The van der Waals surface area contributed by atoms with Crippen LogP contribution >= 0.6 is 11.3 Å². The van der Waals surface area contributed by atoms with E-state index in [1.807, 2.05) is 11.4 Å². The molecule has 0 bridgehead atoms. The highest BCUT2D eigenvalue weighted by molar-refractivity contribution is 7.90. The van der Waals surface area contributed by atoms with Crippen molar-refractivity contribution in [2.24, 2.45) is 0 Å². The lowest BCUT2D eigenvalue weighted by Crippen LogP contribution is -2.39. The van der Waals surface area contributed by atoms with Gasteiger partial charge in [0.15, 0.2) is 9.84 Å². The van der Waals surface area contributed by atoms with Crippen molar-refractivity contribution >= 4 is 21.2 Å². The molecule has 1 saturated heterocycles. The van der Waals surface area contributed by atoms with Crippen molar-refractivity contribution in [3.63, 3.8) is 0 Å². The number of rotatable bonds is 4. The van der Waals surface area contributed by atoms with Crippen LogP contribution in [0.5, 0.6) is 0 Å². The number of nitrogens with one attached hydrogen (secondary N) is 1. The number of hydrogen-bond acceptors (Lipinski definition) is 6. The number of hydrogen-bond donors (Lipinski definition) is 1. The quantitative estimate of drug-likeness (QED) is 0.920. The molecule has 3 heterocycles. The zero-order chi connectivity index (χ0) is 14.9. The van der Waals surface area contributed by atoms with Gasteiger partial charge in [0.25, 0.3) is 0 Å². The van der Waals surface area contributed by atoms with E-state index >= 15 is 0 Å². The monoisotopic (exact) mass is 327 g/mol. The molecule has 1 N–H and O–H groups in total. The third kappa shape index (κ3) is 3.18. The van der Waals surface area contributed by atoms with Gasteiger partial charge >= 0.3 is 0 Å². The van der Waals surface area contributed by atoms with E-state index in [1.165, 1.54) is 17.3 Å². The van der Waals surface area contributed by atoms with Crippen LogP contribution in [0.25, 0.3) is 0 Å². The summed E-state index contributed by atoms with van der Waals surface area (Å²) in [5.41, 5.74) is 0.619. The summed E-state index contributed by atoms with van der Waals surface area (Å²) in [6, 6.07) is 3.99. The maximum atomic E-state index is 11.9. The average Bonchev–Trinajstić information content (AvgIpc) is 3.08. The molecule has 1 fully saturated rings. The van der Waals surface area contributed by atoms with E-state index in [0.29, 0.717) is 18.9 Å². The van der Waals surface area contributed by atoms with E-state index in [0.717, 1.165) is 13.1 Å². The topological polar surface area (TPSA) is 75.3 Å². The highest BCUT2D eigenvalue weighted by Crippen LogP contribution is 2.29. The lowest BCUT2D eigenvalue weighted by molar-refractivity contribution is -0.0147. The van der Waals surface area contributed by atoms with Crippen LogP contribution in [0.15, 0.2) is 28.6 Å². The van der Waals surface area contributed by atoms with Crippen LogP contribution in [0.1, 0.15) is 16.6 Å². The van der Waals surface area contributed by atoms with Crippen LogP contribution < -0.4 is 0 Å². The van der Waals surface area contributed by atoms with Gasteiger partial charge in [-0.05, 0) is 11.4 Å². The second kappa shape index (κ2) is 5.88. The number of aromatic amines is 1. The summed E-state index contributed by atoms with van der Waals surface area (Å²) in [6.45, 7) is 2.68. The summed E-state index contributed by atoms with van der Waals surface area (Å²) in [5, 5.41) is 8.80. The predicted octanol–water partition coefficient (Wildman–Crippen LogP) is 1.45. The van der Waals surface area contributed by atoms with Crippen LogP contribution in [-0.2, 0) is 21.1 Å². The minimum absolute atomic E-state index is 0.118. The Morgan fingerprint density at radius 2 is 2.43 bits per heavy atom. The van der Waals surface area contributed by atoms with Crippen molar-refractivity contribution in [1.82, 2.24) is 15.1 Å². The molecule has 0 radical (unpaired) electrons. The second-order valence-electron chi connectivity index (χ2n) is 5.06. The van der Waals surface area contributed by atoms with E-state index in [-0.39, 0.29) is 10.9 Å². The smallest absolute Gasteiger partial charge is 0.178 e. The number of aromatic nitrogens is 2. The standard InChI is InChI=1S/C13H17N3O3S2/c1-21(17,18)12-7-14-15-13(12)11-9-19-5-4-16(11)8-10-3-2-6-20-10/h2-3,6-7,11H,4-5,8-9H2,1H3,(H,14,15)/t11-/m0/s1. The molecular formula is C13H17N3O3S2. The van der Waals surface area contributed by atoms with Gasteiger partial charge in [0.05, 0.1) is 31.1 Å². The van der Waals surface area contributed by atoms with Gasteiger partial charge in [-0.15, -0.1) is 11.3 Å². The van der Waals surface area contributed by atoms with E-state index < -0.39 is 9.84 Å². The molecule has 2 aromatic rings. The Balaban J connectivity index is 1.89. The maximum Gasteiger partial charge on any atom is 0.178 e. The van der Waals surface area contributed by atoms with E-state index in [1.54, 1.807) is 11.3 Å². The van der Waals surface area contributed by atoms with Crippen LogP contribution in [0.2, 0.25) is 0 Å². The molecule has 2 aromatic heterocycles. The highest BCUT2D eigenvalue weighted by Gasteiger charge is 2.30. The number of morpholine rings is 1. The first-order chi connectivity index (χ1) is 10.1. The van der Waals surface area contributed by atoms with Crippen LogP contribution in [0.4, 0.5) is 0 Å². The Labute approximate surface area is 127 Å². The van der Waals surface area contributed by atoms with Gasteiger partial charge in [0.1, 0.15) is 4.90 Å². The summed E-state index contributed by atoms with van der Waals surface area (Å²) in [5.74, 6) is 0. The van der Waals surface area contributed by atoms with Gasteiger partial charge in [-0.1, -0.05) is 6.07 Å². The molecule has 1 atom stereocenters. The summed E-state index contributed by atoms with van der Waals surface area (Å²) < 4.78 is 29.3. The van der Waals surface area contributed by atoms with E-state index in [4.69, 9.17) is 4.74 Å². The van der Waals surface area contributed by atoms with Crippen molar-refractivity contribution in [2.45, 2.75) is 17.5 Å². The Kier molecular flexibility index (Phi) is 4.12. The summed E-state index contributed by atoms with van der Waals surface area (Å²) >= 11 is 1.70. The van der Waals surface area contributed by atoms with E-state index in [2.05, 4.69) is 21.2 Å². The normalized spacial score (nSPS) is 20.7. The van der Waals surface area contributed by atoms with Gasteiger partial charge in [-0.2, -0.15) is 5.10 Å². The Morgan fingerprint density at radius 3 is 3.14 bits per heavy atom. The number of thiophene rings is 1. The highest BCUT2D eigenvalue weighted by atomic mass is 32.2. The second-order valence-corrected chi connectivity index (χ2v) is 8.08. The van der Waals surface area contributed by atoms with Gasteiger partial charge in [0.2, 0.25) is 0 Å². The predicted molar refractivity (Wildman–Crippen MR) is 80.0 cm³/mol. The largest absolute Gasteiger partial charge is 0.378 e. The first-order valence-electron chi connectivity index (χ1n) is 6.63. The van der Waals surface area contributed by atoms with Crippen molar-refractivity contribution < 1.29 is 13.2 Å². The van der Waals surface area contributed by atoms with Gasteiger partial charge in [0, 0.05) is 24.2 Å². The first-order valence-corrected chi connectivity index (χ1v) is 9.40. The Bertz CT molecular complexity index is 694. The molecule has 0 saturated carbocycles. The number of nitrogens with zero attached hydrogens (tertiary/aromatic N) is 2. The van der Waals surface area contributed by atoms with Crippen molar-refractivity contribution in [2.75, 3.05) is 26.0 Å². The lowest BCUT2D eigenvalue weighted by Gasteiger charge is -2.34. The van der Waals surface area contributed by atoms with Crippen molar-refractivity contribution in [3.05, 3.63) is 34.3 Å². The molecule has 3 rings (SSSR count).